The van der Waals surface area contributed by atoms with Gasteiger partial charge in [-0.3, -0.25) is 4.79 Å². The lowest BCUT2D eigenvalue weighted by atomic mass is 10.0. The smallest absolute Gasteiger partial charge is 0.272 e. The summed E-state index contributed by atoms with van der Waals surface area (Å²) in [5, 5.41) is 12.2. The van der Waals surface area contributed by atoms with E-state index < -0.39 is 19.1 Å². The maximum Gasteiger partial charge on any atom is 0.272 e. The highest BCUT2D eigenvalue weighted by atomic mass is 19.3. The van der Waals surface area contributed by atoms with Gasteiger partial charge in [0.1, 0.15) is 0 Å². The fourth-order valence-corrected chi connectivity index (χ4v) is 1.47. The number of rotatable bonds is 8. The zero-order chi connectivity index (χ0) is 15.8. The number of halogens is 2. The quantitative estimate of drug-likeness (QED) is 0.767. The predicted molar refractivity (Wildman–Crippen MR) is 73.0 cm³/mol. The van der Waals surface area contributed by atoms with Crippen molar-refractivity contribution in [1.82, 2.24) is 10.3 Å². The molecule has 5 nitrogen and oxygen atoms in total. The van der Waals surface area contributed by atoms with Crippen molar-refractivity contribution in [3.05, 3.63) is 23.9 Å². The van der Waals surface area contributed by atoms with Gasteiger partial charge in [0.15, 0.2) is 6.61 Å². The van der Waals surface area contributed by atoms with Gasteiger partial charge in [-0.1, -0.05) is 19.9 Å². The second-order valence-corrected chi connectivity index (χ2v) is 4.96. The molecule has 1 atom stereocenters. The molecule has 21 heavy (non-hydrogen) atoms. The van der Waals surface area contributed by atoms with E-state index >= 15 is 0 Å². The van der Waals surface area contributed by atoms with E-state index in [1.54, 1.807) is 12.1 Å². The highest BCUT2D eigenvalue weighted by Crippen LogP contribution is 2.09. The molecule has 0 fully saturated rings. The van der Waals surface area contributed by atoms with Gasteiger partial charge in [-0.25, -0.2) is 13.8 Å². The summed E-state index contributed by atoms with van der Waals surface area (Å²) in [6, 6.07) is 4.73. The van der Waals surface area contributed by atoms with Crippen LogP contribution in [0.25, 0.3) is 0 Å². The van der Waals surface area contributed by atoms with Crippen LogP contribution in [0.1, 0.15) is 26.0 Å². The highest BCUT2D eigenvalue weighted by Gasteiger charge is 2.14. The van der Waals surface area contributed by atoms with Crippen LogP contribution in [-0.4, -0.2) is 35.1 Å². The van der Waals surface area contributed by atoms with Crippen LogP contribution in [0.4, 0.5) is 8.78 Å². The molecule has 0 aromatic carbocycles. The van der Waals surface area contributed by atoms with Crippen molar-refractivity contribution < 1.29 is 23.4 Å². The van der Waals surface area contributed by atoms with E-state index in [0.29, 0.717) is 5.69 Å². The molecule has 7 heteroatoms. The Kier molecular flexibility index (Phi) is 7.01. The third-order valence-corrected chi connectivity index (χ3v) is 2.77. The Labute approximate surface area is 122 Å². The van der Waals surface area contributed by atoms with Crippen LogP contribution in [0.3, 0.4) is 0 Å². The lowest BCUT2D eigenvalue weighted by Gasteiger charge is -2.14. The molecule has 118 valence electrons. The summed E-state index contributed by atoms with van der Waals surface area (Å²) >= 11 is 0. The largest absolute Gasteiger partial charge is 0.472 e. The van der Waals surface area contributed by atoms with Crippen molar-refractivity contribution in [3.63, 3.8) is 0 Å². The van der Waals surface area contributed by atoms with Crippen molar-refractivity contribution in [1.29, 1.82) is 0 Å². The van der Waals surface area contributed by atoms with Gasteiger partial charge in [0, 0.05) is 6.07 Å². The van der Waals surface area contributed by atoms with E-state index in [1.807, 2.05) is 13.8 Å². The van der Waals surface area contributed by atoms with Gasteiger partial charge < -0.3 is 15.2 Å². The molecule has 0 saturated carbocycles. The number of aliphatic hydroxyl groups is 1. The Balaban J connectivity index is 2.44. The lowest BCUT2D eigenvalue weighted by Crippen LogP contribution is -2.29. The SMILES string of the molecule is CC(C)C(O)CC(=O)NCc1cccc(OCC(F)F)n1. The highest BCUT2D eigenvalue weighted by molar-refractivity contribution is 5.76. The number of pyridine rings is 1. The van der Waals surface area contributed by atoms with Crippen molar-refractivity contribution in [3.8, 4) is 5.88 Å². The zero-order valence-corrected chi connectivity index (χ0v) is 12.1. The topological polar surface area (TPSA) is 71.5 Å². The molecule has 1 aromatic heterocycles. The lowest BCUT2D eigenvalue weighted by molar-refractivity contribution is -0.123. The number of carbonyl (C=O) groups is 1. The van der Waals surface area contributed by atoms with E-state index in [9.17, 15) is 18.7 Å². The maximum absolute atomic E-state index is 12.0. The van der Waals surface area contributed by atoms with Gasteiger partial charge in [0.05, 0.1) is 24.8 Å². The monoisotopic (exact) mass is 302 g/mol. The van der Waals surface area contributed by atoms with Crippen LogP contribution < -0.4 is 10.1 Å². The summed E-state index contributed by atoms with van der Waals surface area (Å²) in [4.78, 5) is 15.6. The molecule has 1 aromatic rings. The second-order valence-electron chi connectivity index (χ2n) is 4.96. The minimum atomic E-state index is -2.56. The minimum absolute atomic E-state index is 0.0000463. The first-order valence-electron chi connectivity index (χ1n) is 6.70. The number of hydrogen-bond acceptors (Lipinski definition) is 4. The van der Waals surface area contributed by atoms with E-state index in [2.05, 4.69) is 10.3 Å². The minimum Gasteiger partial charge on any atom is -0.472 e. The van der Waals surface area contributed by atoms with E-state index in [4.69, 9.17) is 4.74 Å². The first kappa shape index (κ1) is 17.3. The summed E-state index contributed by atoms with van der Waals surface area (Å²) in [5.41, 5.74) is 0.495. The number of hydrogen-bond donors (Lipinski definition) is 2. The van der Waals surface area contributed by atoms with Crippen LogP contribution in [-0.2, 0) is 11.3 Å². The van der Waals surface area contributed by atoms with Gasteiger partial charge in [-0.2, -0.15) is 0 Å². The molecule has 1 unspecified atom stereocenters. The summed E-state index contributed by atoms with van der Waals surface area (Å²) in [6.07, 6.45) is -3.24. The zero-order valence-electron chi connectivity index (χ0n) is 12.1. The number of alkyl halides is 2. The van der Waals surface area contributed by atoms with Gasteiger partial charge in [0.25, 0.3) is 6.43 Å². The first-order valence-corrected chi connectivity index (χ1v) is 6.70. The van der Waals surface area contributed by atoms with Crippen LogP contribution in [0.5, 0.6) is 5.88 Å². The number of aliphatic hydroxyl groups excluding tert-OH is 1. The molecule has 0 aliphatic heterocycles. The van der Waals surface area contributed by atoms with Crippen molar-refractivity contribution in [2.24, 2.45) is 5.92 Å². The van der Waals surface area contributed by atoms with E-state index in [1.165, 1.54) is 6.07 Å². The fraction of sp³-hybridized carbons (Fsp3) is 0.571. The number of ether oxygens (including phenoxy) is 1. The average molecular weight is 302 g/mol. The Bertz CT molecular complexity index is 456. The Morgan fingerprint density at radius 3 is 2.76 bits per heavy atom. The molecule has 0 saturated heterocycles. The number of nitrogens with one attached hydrogen (secondary N) is 1. The third-order valence-electron chi connectivity index (χ3n) is 2.77. The summed E-state index contributed by atoms with van der Waals surface area (Å²) in [5.74, 6) is -0.207. The fourth-order valence-electron chi connectivity index (χ4n) is 1.47. The number of amides is 1. The van der Waals surface area contributed by atoms with Gasteiger partial charge in [0.2, 0.25) is 11.8 Å². The standard InChI is InChI=1S/C14H20F2N2O3/c1-9(2)11(19)6-13(20)17-7-10-4-3-5-14(18-10)21-8-12(15)16/h3-5,9,11-12,19H,6-8H2,1-2H3,(H,17,20). The molecule has 0 spiro atoms. The van der Waals surface area contributed by atoms with Crippen molar-refractivity contribution in [2.75, 3.05) is 6.61 Å². The molecule has 1 rings (SSSR count). The summed E-state index contributed by atoms with van der Waals surface area (Å²) in [6.45, 7) is 3.07. The Morgan fingerprint density at radius 1 is 1.43 bits per heavy atom. The van der Waals surface area contributed by atoms with Crippen LogP contribution in [0.15, 0.2) is 18.2 Å². The summed E-state index contributed by atoms with van der Waals surface area (Å²) in [7, 11) is 0. The second kappa shape index (κ2) is 8.51. The molecule has 2 N–H and O–H groups in total. The predicted octanol–water partition coefficient (Wildman–Crippen LogP) is 1.75. The van der Waals surface area contributed by atoms with E-state index in [-0.39, 0.29) is 30.7 Å². The molecule has 0 aliphatic carbocycles. The molecule has 0 radical (unpaired) electrons. The molecule has 1 amide bonds. The summed E-state index contributed by atoms with van der Waals surface area (Å²) < 4.78 is 28.9. The first-order chi connectivity index (χ1) is 9.88. The molecule has 0 aliphatic rings. The maximum atomic E-state index is 12.0. The molecule has 0 bridgehead atoms. The molecular weight excluding hydrogens is 282 g/mol. The van der Waals surface area contributed by atoms with Gasteiger partial charge in [-0.15, -0.1) is 0 Å². The normalized spacial score (nSPS) is 12.5. The van der Waals surface area contributed by atoms with Gasteiger partial charge in [-0.05, 0) is 12.0 Å². The van der Waals surface area contributed by atoms with Crippen LogP contribution in [0, 0.1) is 5.92 Å². The van der Waals surface area contributed by atoms with Crippen molar-refractivity contribution in [2.45, 2.75) is 39.3 Å². The number of aromatic nitrogens is 1. The van der Waals surface area contributed by atoms with Crippen LogP contribution >= 0.6 is 0 Å². The molecule has 1 heterocycles. The Hall–Kier alpha value is -1.76. The van der Waals surface area contributed by atoms with Crippen molar-refractivity contribution >= 4 is 5.91 Å². The van der Waals surface area contributed by atoms with E-state index in [0.717, 1.165) is 0 Å². The average Bonchev–Trinajstić information content (AvgIpc) is 2.43. The molecular formula is C14H20F2N2O3. The Morgan fingerprint density at radius 2 is 2.14 bits per heavy atom. The third kappa shape index (κ3) is 6.99. The van der Waals surface area contributed by atoms with Gasteiger partial charge >= 0.3 is 0 Å². The number of carbonyl (C=O) groups excluding carboxylic acids is 1. The van der Waals surface area contributed by atoms with Crippen LogP contribution in [0.2, 0.25) is 0 Å². The number of nitrogens with zero attached hydrogens (tertiary/aromatic N) is 1.